The van der Waals surface area contributed by atoms with E-state index in [9.17, 15) is 8.42 Å². The second kappa shape index (κ2) is 7.89. The van der Waals surface area contributed by atoms with Crippen LogP contribution in [0.4, 0.5) is 0 Å². The minimum absolute atomic E-state index is 0.0427. The highest BCUT2D eigenvalue weighted by Gasteiger charge is 2.19. The molecule has 30 heavy (non-hydrogen) atoms. The van der Waals surface area contributed by atoms with E-state index in [2.05, 4.69) is 0 Å². The molecule has 0 amide bonds. The molecule has 0 aliphatic rings. The number of rotatable bonds is 4. The molecule has 2 N–H and O–H groups in total. The lowest BCUT2D eigenvalue weighted by molar-refractivity contribution is 0.598. The van der Waals surface area contributed by atoms with E-state index in [4.69, 9.17) is 33.4 Å². The number of sulfonamides is 1. The number of hydrogen-bond acceptors (Lipinski definition) is 3. The van der Waals surface area contributed by atoms with Gasteiger partial charge in [-0.25, -0.2) is 18.2 Å². The molecule has 3 aromatic carbocycles. The minimum atomic E-state index is -3.78. The SMILES string of the molecule is Cc1c(-c2ccc(Cl)cc2)nn(-c2ccc(S(N)(=O)=O)cc2)c1-c1ccc(Cl)cc1. The van der Waals surface area contributed by atoms with Gasteiger partial charge >= 0.3 is 0 Å². The van der Waals surface area contributed by atoms with Crippen molar-refractivity contribution in [1.82, 2.24) is 9.78 Å². The molecule has 4 aromatic rings. The zero-order valence-corrected chi connectivity index (χ0v) is 18.2. The first kappa shape index (κ1) is 20.6. The topological polar surface area (TPSA) is 78.0 Å². The fourth-order valence-electron chi connectivity index (χ4n) is 3.29. The molecule has 0 unspecified atom stereocenters. The molecule has 1 heterocycles. The maximum absolute atomic E-state index is 11.6. The molecule has 8 heteroatoms. The van der Waals surface area contributed by atoms with Crippen LogP contribution in [0.15, 0.2) is 77.7 Å². The average molecular weight is 458 g/mol. The maximum Gasteiger partial charge on any atom is 0.238 e. The molecular formula is C22H17Cl2N3O2S. The quantitative estimate of drug-likeness (QED) is 0.441. The summed E-state index contributed by atoms with van der Waals surface area (Å²) >= 11 is 12.1. The Morgan fingerprint density at radius 2 is 1.30 bits per heavy atom. The summed E-state index contributed by atoms with van der Waals surface area (Å²) in [5, 5.41) is 11.3. The van der Waals surface area contributed by atoms with Crippen molar-refractivity contribution in [2.75, 3.05) is 0 Å². The minimum Gasteiger partial charge on any atom is -0.232 e. The Morgan fingerprint density at radius 3 is 1.80 bits per heavy atom. The van der Waals surface area contributed by atoms with Gasteiger partial charge in [0, 0.05) is 26.7 Å². The van der Waals surface area contributed by atoms with Gasteiger partial charge in [-0.1, -0.05) is 47.5 Å². The fourth-order valence-corrected chi connectivity index (χ4v) is 4.06. The zero-order chi connectivity index (χ0) is 21.5. The predicted molar refractivity (Wildman–Crippen MR) is 121 cm³/mol. The van der Waals surface area contributed by atoms with Crippen LogP contribution >= 0.6 is 23.2 Å². The van der Waals surface area contributed by atoms with E-state index < -0.39 is 10.0 Å². The van der Waals surface area contributed by atoms with E-state index in [1.165, 1.54) is 12.1 Å². The van der Waals surface area contributed by atoms with Crippen molar-refractivity contribution < 1.29 is 8.42 Å². The molecule has 0 fully saturated rings. The summed E-state index contributed by atoms with van der Waals surface area (Å²) in [7, 11) is -3.78. The van der Waals surface area contributed by atoms with Crippen molar-refractivity contribution in [2.24, 2.45) is 5.14 Å². The first-order valence-electron chi connectivity index (χ1n) is 8.99. The third-order valence-corrected chi connectivity index (χ3v) is 6.20. The van der Waals surface area contributed by atoms with Crippen molar-refractivity contribution in [3.63, 3.8) is 0 Å². The van der Waals surface area contributed by atoms with Gasteiger partial charge in [-0.2, -0.15) is 5.10 Å². The lowest BCUT2D eigenvalue weighted by Crippen LogP contribution is -2.12. The lowest BCUT2D eigenvalue weighted by atomic mass is 10.0. The summed E-state index contributed by atoms with van der Waals surface area (Å²) < 4.78 is 25.0. The number of primary sulfonamides is 1. The van der Waals surface area contributed by atoms with Gasteiger partial charge in [0.25, 0.3) is 0 Å². The predicted octanol–water partition coefficient (Wildman–Crippen LogP) is 5.47. The summed E-state index contributed by atoms with van der Waals surface area (Å²) in [6.07, 6.45) is 0. The smallest absolute Gasteiger partial charge is 0.232 e. The third-order valence-electron chi connectivity index (χ3n) is 4.77. The van der Waals surface area contributed by atoms with Crippen molar-refractivity contribution in [3.05, 3.63) is 88.4 Å². The number of nitrogens with two attached hydrogens (primary N) is 1. The molecule has 0 radical (unpaired) electrons. The number of benzene rings is 3. The highest BCUT2D eigenvalue weighted by molar-refractivity contribution is 7.89. The van der Waals surface area contributed by atoms with Gasteiger partial charge in [0.15, 0.2) is 0 Å². The number of aromatic nitrogens is 2. The van der Waals surface area contributed by atoms with Gasteiger partial charge in [-0.05, 0) is 55.5 Å². The van der Waals surface area contributed by atoms with E-state index in [1.54, 1.807) is 16.8 Å². The van der Waals surface area contributed by atoms with Crippen molar-refractivity contribution in [2.45, 2.75) is 11.8 Å². The van der Waals surface area contributed by atoms with E-state index in [-0.39, 0.29) is 4.90 Å². The Morgan fingerprint density at radius 1 is 0.800 bits per heavy atom. The highest BCUT2D eigenvalue weighted by atomic mass is 35.5. The molecule has 5 nitrogen and oxygen atoms in total. The Kier molecular flexibility index (Phi) is 5.42. The molecule has 0 saturated heterocycles. The van der Waals surface area contributed by atoms with Crippen molar-refractivity contribution >= 4 is 33.2 Å². The van der Waals surface area contributed by atoms with Crippen LogP contribution in [0.25, 0.3) is 28.2 Å². The van der Waals surface area contributed by atoms with Crippen molar-refractivity contribution in [3.8, 4) is 28.2 Å². The van der Waals surface area contributed by atoms with Crippen LogP contribution < -0.4 is 5.14 Å². The normalized spacial score (nSPS) is 11.6. The number of halogens is 2. The van der Waals surface area contributed by atoms with Crippen LogP contribution in [-0.4, -0.2) is 18.2 Å². The second-order valence-corrected chi connectivity index (χ2v) is 9.22. The van der Waals surface area contributed by atoms with E-state index >= 15 is 0 Å². The highest BCUT2D eigenvalue weighted by Crippen LogP contribution is 2.34. The third kappa shape index (κ3) is 4.00. The summed E-state index contributed by atoms with van der Waals surface area (Å²) in [4.78, 5) is 0.0427. The zero-order valence-electron chi connectivity index (χ0n) is 15.9. The van der Waals surface area contributed by atoms with E-state index in [0.29, 0.717) is 15.7 Å². The molecule has 0 atom stereocenters. The molecule has 0 bridgehead atoms. The first-order chi connectivity index (χ1) is 14.2. The maximum atomic E-state index is 11.6. The summed E-state index contributed by atoms with van der Waals surface area (Å²) in [6, 6.07) is 21.2. The number of hydrogen-bond donors (Lipinski definition) is 1. The second-order valence-electron chi connectivity index (χ2n) is 6.79. The van der Waals surface area contributed by atoms with Crippen LogP contribution in [0.3, 0.4) is 0 Å². The Bertz CT molecular complexity index is 1310. The summed E-state index contributed by atoms with van der Waals surface area (Å²) in [5.74, 6) is 0. The van der Waals surface area contributed by atoms with Crippen LogP contribution in [0.5, 0.6) is 0 Å². The Balaban J connectivity index is 1.93. The molecule has 152 valence electrons. The largest absolute Gasteiger partial charge is 0.238 e. The van der Waals surface area contributed by atoms with Crippen LogP contribution in [0, 0.1) is 6.92 Å². The van der Waals surface area contributed by atoms with Gasteiger partial charge < -0.3 is 0 Å². The fraction of sp³-hybridized carbons (Fsp3) is 0.0455. The van der Waals surface area contributed by atoms with Gasteiger partial charge in [0.05, 0.1) is 22.0 Å². The van der Waals surface area contributed by atoms with Crippen LogP contribution in [0.1, 0.15) is 5.56 Å². The van der Waals surface area contributed by atoms with Gasteiger partial charge in [-0.3, -0.25) is 0 Å². The van der Waals surface area contributed by atoms with Crippen molar-refractivity contribution in [1.29, 1.82) is 0 Å². The molecule has 0 saturated carbocycles. The standard InChI is InChI=1S/C22H17Cl2N3O2S/c1-14-21(15-2-6-17(23)7-3-15)26-27(22(14)16-4-8-18(24)9-5-16)19-10-12-20(13-11-19)30(25,28)29/h2-13H,1H3,(H2,25,28,29). The Labute approximate surface area is 184 Å². The van der Waals surface area contributed by atoms with Gasteiger partial charge in [0.2, 0.25) is 10.0 Å². The Hall–Kier alpha value is -2.64. The molecule has 4 rings (SSSR count). The number of nitrogens with zero attached hydrogens (tertiary/aromatic N) is 2. The van der Waals surface area contributed by atoms with E-state index in [1.807, 2.05) is 55.5 Å². The molecule has 0 aliphatic heterocycles. The monoisotopic (exact) mass is 457 g/mol. The average Bonchev–Trinajstić information content (AvgIpc) is 3.06. The molecule has 0 aliphatic carbocycles. The molecule has 1 aromatic heterocycles. The first-order valence-corrected chi connectivity index (χ1v) is 11.3. The molecule has 0 spiro atoms. The van der Waals surface area contributed by atoms with E-state index in [0.717, 1.165) is 28.1 Å². The van der Waals surface area contributed by atoms with Crippen LogP contribution in [0.2, 0.25) is 10.0 Å². The van der Waals surface area contributed by atoms with Gasteiger partial charge in [0.1, 0.15) is 0 Å². The van der Waals surface area contributed by atoms with Gasteiger partial charge in [-0.15, -0.1) is 0 Å². The summed E-state index contributed by atoms with van der Waals surface area (Å²) in [6.45, 7) is 2.00. The molecular weight excluding hydrogens is 441 g/mol. The lowest BCUT2D eigenvalue weighted by Gasteiger charge is -2.09. The summed E-state index contributed by atoms with van der Waals surface area (Å²) in [5.41, 5.74) is 5.20. The van der Waals surface area contributed by atoms with Crippen LogP contribution in [-0.2, 0) is 10.0 Å².